The van der Waals surface area contributed by atoms with Gasteiger partial charge in [0.1, 0.15) is 0 Å². The fraction of sp³-hybridized carbons (Fsp3) is 0.500. The highest BCUT2D eigenvalue weighted by molar-refractivity contribution is 7.03. The molecule has 2 N–H and O–H groups in total. The molecule has 0 saturated heterocycles. The topological polar surface area (TPSA) is 51.8 Å². The number of hydrogen-bond acceptors (Lipinski definition) is 4. The Balaban J connectivity index is 2.30. The lowest BCUT2D eigenvalue weighted by Crippen LogP contribution is -2.10. The van der Waals surface area contributed by atoms with E-state index in [-0.39, 0.29) is 6.04 Å². The van der Waals surface area contributed by atoms with E-state index in [1.807, 2.05) is 5.38 Å². The molecule has 0 fully saturated rings. The second-order valence-electron chi connectivity index (χ2n) is 2.53. The van der Waals surface area contributed by atoms with E-state index < -0.39 is 0 Å². The number of aromatic nitrogens is 2. The normalized spacial score (nSPS) is 12.3. The number of unbranched alkanes of at least 4 members (excludes halogenated alkanes) is 1. The van der Waals surface area contributed by atoms with E-state index in [0.29, 0.717) is 0 Å². The van der Waals surface area contributed by atoms with Crippen molar-refractivity contribution >= 4 is 11.5 Å². The Bertz CT molecular complexity index is 250. The van der Waals surface area contributed by atoms with Crippen molar-refractivity contribution in [3.63, 3.8) is 0 Å². The van der Waals surface area contributed by atoms with Crippen LogP contribution in [0, 0.1) is 12.3 Å². The van der Waals surface area contributed by atoms with Gasteiger partial charge >= 0.3 is 0 Å². The van der Waals surface area contributed by atoms with Crippen molar-refractivity contribution < 1.29 is 0 Å². The summed E-state index contributed by atoms with van der Waals surface area (Å²) in [5.41, 5.74) is 6.69. The molecule has 3 nitrogen and oxygen atoms in total. The highest BCUT2D eigenvalue weighted by Gasteiger charge is 2.07. The molecule has 0 radical (unpaired) electrons. The summed E-state index contributed by atoms with van der Waals surface area (Å²) >= 11 is 1.33. The Morgan fingerprint density at radius 3 is 3.17 bits per heavy atom. The van der Waals surface area contributed by atoms with Crippen molar-refractivity contribution in [1.82, 2.24) is 9.59 Å². The molecule has 1 unspecified atom stereocenters. The molecule has 1 aromatic heterocycles. The van der Waals surface area contributed by atoms with Crippen molar-refractivity contribution in [3.8, 4) is 12.3 Å². The molecule has 4 heteroatoms. The lowest BCUT2D eigenvalue weighted by molar-refractivity contribution is 0.604. The summed E-state index contributed by atoms with van der Waals surface area (Å²) in [6.45, 7) is 0. The lowest BCUT2D eigenvalue weighted by atomic mass is 10.1. The first kappa shape index (κ1) is 9.17. The molecular formula is C8H11N3S. The van der Waals surface area contributed by atoms with Gasteiger partial charge in [-0.05, 0) is 24.4 Å². The van der Waals surface area contributed by atoms with Crippen LogP contribution in [0.1, 0.15) is 31.0 Å². The number of rotatable bonds is 4. The predicted molar refractivity (Wildman–Crippen MR) is 49.5 cm³/mol. The van der Waals surface area contributed by atoms with Crippen molar-refractivity contribution in [2.75, 3.05) is 0 Å². The number of hydrogen-bond donors (Lipinski definition) is 1. The summed E-state index contributed by atoms with van der Waals surface area (Å²) in [4.78, 5) is 0. The third kappa shape index (κ3) is 2.61. The molecule has 12 heavy (non-hydrogen) atoms. The first-order chi connectivity index (χ1) is 5.84. The van der Waals surface area contributed by atoms with Gasteiger partial charge in [0.05, 0.1) is 5.69 Å². The van der Waals surface area contributed by atoms with Crippen LogP contribution in [0.4, 0.5) is 0 Å². The van der Waals surface area contributed by atoms with Crippen LogP contribution in [0.25, 0.3) is 0 Å². The van der Waals surface area contributed by atoms with Crippen LogP contribution in [-0.2, 0) is 0 Å². The van der Waals surface area contributed by atoms with Gasteiger partial charge in [-0.15, -0.1) is 17.4 Å². The van der Waals surface area contributed by atoms with Gasteiger partial charge in [0.2, 0.25) is 0 Å². The highest BCUT2D eigenvalue weighted by atomic mass is 32.1. The van der Waals surface area contributed by atoms with E-state index in [1.165, 1.54) is 11.5 Å². The van der Waals surface area contributed by atoms with Crippen LogP contribution >= 0.6 is 11.5 Å². The largest absolute Gasteiger partial charge is 0.323 e. The maximum absolute atomic E-state index is 5.82. The minimum Gasteiger partial charge on any atom is -0.323 e. The molecule has 64 valence electrons. The molecule has 0 aliphatic rings. The molecule has 1 rings (SSSR count). The smallest absolute Gasteiger partial charge is 0.0922 e. The van der Waals surface area contributed by atoms with Gasteiger partial charge in [-0.25, -0.2) is 0 Å². The van der Waals surface area contributed by atoms with Gasteiger partial charge < -0.3 is 5.73 Å². The molecule has 1 atom stereocenters. The first-order valence-electron chi connectivity index (χ1n) is 3.80. The van der Waals surface area contributed by atoms with Crippen LogP contribution in [0.5, 0.6) is 0 Å². The lowest BCUT2D eigenvalue weighted by Gasteiger charge is -2.05. The SMILES string of the molecule is C#CCCCC(N)c1csnn1. The Hall–Kier alpha value is -0.920. The van der Waals surface area contributed by atoms with Gasteiger partial charge in [0, 0.05) is 17.8 Å². The zero-order chi connectivity index (χ0) is 8.81. The second-order valence-corrected chi connectivity index (χ2v) is 3.14. The minimum atomic E-state index is -0.00269. The minimum absolute atomic E-state index is 0.00269. The summed E-state index contributed by atoms with van der Waals surface area (Å²) in [7, 11) is 0. The zero-order valence-corrected chi connectivity index (χ0v) is 7.55. The Morgan fingerprint density at radius 1 is 1.75 bits per heavy atom. The van der Waals surface area contributed by atoms with E-state index >= 15 is 0 Å². The summed E-state index contributed by atoms with van der Waals surface area (Å²) in [6, 6.07) is -0.00269. The molecule has 0 aliphatic carbocycles. The average Bonchev–Trinajstić information content (AvgIpc) is 2.56. The van der Waals surface area contributed by atoms with Crippen molar-refractivity contribution in [1.29, 1.82) is 0 Å². The molecule has 0 aliphatic heterocycles. The van der Waals surface area contributed by atoms with Gasteiger partial charge in [-0.3, -0.25) is 0 Å². The van der Waals surface area contributed by atoms with E-state index in [0.717, 1.165) is 25.0 Å². The van der Waals surface area contributed by atoms with Gasteiger partial charge in [0.25, 0.3) is 0 Å². The fourth-order valence-electron chi connectivity index (χ4n) is 0.905. The Morgan fingerprint density at radius 2 is 2.58 bits per heavy atom. The first-order valence-corrected chi connectivity index (χ1v) is 4.64. The zero-order valence-electron chi connectivity index (χ0n) is 6.73. The molecule has 1 aromatic rings. The van der Waals surface area contributed by atoms with Gasteiger partial charge in [0.15, 0.2) is 0 Å². The third-order valence-corrected chi connectivity index (χ3v) is 2.12. The number of nitrogens with zero attached hydrogens (tertiary/aromatic N) is 2. The molecule has 0 bridgehead atoms. The van der Waals surface area contributed by atoms with E-state index in [4.69, 9.17) is 12.2 Å². The van der Waals surface area contributed by atoms with Crippen LogP contribution in [-0.4, -0.2) is 9.59 Å². The van der Waals surface area contributed by atoms with Crippen molar-refractivity contribution in [2.24, 2.45) is 5.73 Å². The number of nitrogens with two attached hydrogens (primary N) is 1. The third-order valence-electron chi connectivity index (χ3n) is 1.59. The molecule has 0 aromatic carbocycles. The fourth-order valence-corrected chi connectivity index (χ4v) is 1.42. The number of terminal acetylenes is 1. The standard InChI is InChI=1S/C8H11N3S/c1-2-3-4-5-7(9)8-6-12-11-10-8/h1,6-7H,3-5,9H2. The molecule has 1 heterocycles. The van der Waals surface area contributed by atoms with E-state index in [1.54, 1.807) is 0 Å². The molecule has 0 spiro atoms. The predicted octanol–water partition coefficient (Wildman–Crippen LogP) is 1.34. The van der Waals surface area contributed by atoms with Crippen LogP contribution < -0.4 is 5.73 Å². The molecular weight excluding hydrogens is 170 g/mol. The second kappa shape index (κ2) is 4.86. The van der Waals surface area contributed by atoms with Crippen molar-refractivity contribution in [3.05, 3.63) is 11.1 Å². The summed E-state index contributed by atoms with van der Waals surface area (Å²) in [5.74, 6) is 2.58. The highest BCUT2D eigenvalue weighted by Crippen LogP contribution is 2.14. The van der Waals surface area contributed by atoms with Gasteiger partial charge in [-0.1, -0.05) is 4.49 Å². The quantitative estimate of drug-likeness (QED) is 0.563. The Kier molecular flexibility index (Phi) is 3.71. The average molecular weight is 181 g/mol. The maximum atomic E-state index is 5.82. The van der Waals surface area contributed by atoms with E-state index in [9.17, 15) is 0 Å². The summed E-state index contributed by atoms with van der Waals surface area (Å²) in [6.07, 6.45) is 7.74. The summed E-state index contributed by atoms with van der Waals surface area (Å²) < 4.78 is 3.74. The summed E-state index contributed by atoms with van der Waals surface area (Å²) in [5, 5.41) is 5.76. The Labute approximate surface area is 76.1 Å². The van der Waals surface area contributed by atoms with Crippen molar-refractivity contribution in [2.45, 2.75) is 25.3 Å². The van der Waals surface area contributed by atoms with Crippen LogP contribution in [0.3, 0.4) is 0 Å². The van der Waals surface area contributed by atoms with Crippen LogP contribution in [0.2, 0.25) is 0 Å². The monoisotopic (exact) mass is 181 g/mol. The molecule has 0 saturated carbocycles. The van der Waals surface area contributed by atoms with Crippen LogP contribution in [0.15, 0.2) is 5.38 Å². The van der Waals surface area contributed by atoms with E-state index in [2.05, 4.69) is 15.5 Å². The maximum Gasteiger partial charge on any atom is 0.0922 e. The molecule has 0 amide bonds. The van der Waals surface area contributed by atoms with Gasteiger partial charge in [-0.2, -0.15) is 0 Å².